The van der Waals surface area contributed by atoms with Gasteiger partial charge in [-0.05, 0) is 26.7 Å². The molecule has 2 rings (SSSR count). The molecule has 0 aromatic carbocycles. The molecule has 0 aromatic heterocycles. The van der Waals surface area contributed by atoms with E-state index in [4.69, 9.17) is 9.47 Å². The Hall–Kier alpha value is -0.680. The summed E-state index contributed by atoms with van der Waals surface area (Å²) in [6.07, 6.45) is 3.84. The van der Waals surface area contributed by atoms with Gasteiger partial charge in [-0.3, -0.25) is 0 Å². The number of hydrogen-bond donors (Lipinski definition) is 0. The Morgan fingerprint density at radius 2 is 2.53 bits per heavy atom. The van der Waals surface area contributed by atoms with E-state index >= 15 is 0 Å². The van der Waals surface area contributed by atoms with Crippen LogP contribution >= 0.6 is 11.8 Å². The summed E-state index contributed by atoms with van der Waals surface area (Å²) in [5.41, 5.74) is 0. The van der Waals surface area contributed by atoms with Gasteiger partial charge in [0.15, 0.2) is 0 Å². The van der Waals surface area contributed by atoms with Crippen LogP contribution in [0.1, 0.15) is 26.7 Å². The number of esters is 1. The maximum atomic E-state index is 11.5. The fourth-order valence-corrected chi connectivity index (χ4v) is 3.83. The summed E-state index contributed by atoms with van der Waals surface area (Å²) in [7, 11) is 1.97. The Morgan fingerprint density at radius 1 is 1.76 bits per heavy atom. The highest BCUT2D eigenvalue weighted by Gasteiger charge is 2.48. The lowest BCUT2D eigenvalue weighted by Crippen LogP contribution is -2.45. The number of ether oxygens (including phenoxy) is 2. The van der Waals surface area contributed by atoms with Gasteiger partial charge in [-0.1, -0.05) is 11.8 Å². The first-order valence-corrected chi connectivity index (χ1v) is 6.80. The van der Waals surface area contributed by atoms with Crippen LogP contribution in [0, 0.1) is 0 Å². The second-order valence-corrected chi connectivity index (χ2v) is 6.14. The quantitative estimate of drug-likeness (QED) is 0.558. The third-order valence-corrected chi connectivity index (χ3v) is 4.67. The van der Waals surface area contributed by atoms with Gasteiger partial charge in [0.1, 0.15) is 6.23 Å². The first-order chi connectivity index (χ1) is 8.07. The molecule has 2 fully saturated rings. The van der Waals surface area contributed by atoms with E-state index in [-0.39, 0.29) is 16.9 Å². The first-order valence-electron chi connectivity index (χ1n) is 5.99. The number of thioether (sulfide) groups is 1. The number of rotatable bonds is 2. The fraction of sp³-hybridized carbons (Fsp3) is 0.750. The standard InChI is InChI=1S/C12H19NO3S/c1-4-15-10(14)8-9-13(3)11-12(2,17-9)6-5-7-16-11/h8,11H,4-7H2,1-3H3/b9-8-/t11-,12+/m0/s1. The molecule has 0 spiro atoms. The van der Waals surface area contributed by atoms with Crippen LogP contribution in [0.2, 0.25) is 0 Å². The highest BCUT2D eigenvalue weighted by Crippen LogP contribution is 2.50. The maximum Gasteiger partial charge on any atom is 0.333 e. The second-order valence-electron chi connectivity index (χ2n) is 4.59. The van der Waals surface area contributed by atoms with Gasteiger partial charge in [-0.2, -0.15) is 0 Å². The zero-order chi connectivity index (χ0) is 12.5. The van der Waals surface area contributed by atoms with Gasteiger partial charge in [0.2, 0.25) is 0 Å². The smallest absolute Gasteiger partial charge is 0.333 e. The van der Waals surface area contributed by atoms with Gasteiger partial charge in [0.05, 0.1) is 22.5 Å². The van der Waals surface area contributed by atoms with Crippen molar-refractivity contribution in [3.8, 4) is 0 Å². The summed E-state index contributed by atoms with van der Waals surface area (Å²) in [5, 5.41) is 0.942. The minimum Gasteiger partial charge on any atom is -0.463 e. The van der Waals surface area contributed by atoms with Gasteiger partial charge >= 0.3 is 5.97 Å². The summed E-state index contributed by atoms with van der Waals surface area (Å²) < 4.78 is 10.8. The van der Waals surface area contributed by atoms with Crippen LogP contribution in [0.15, 0.2) is 11.1 Å². The predicted octanol–water partition coefficient (Wildman–Crippen LogP) is 1.96. The van der Waals surface area contributed by atoms with E-state index in [1.807, 2.05) is 18.9 Å². The maximum absolute atomic E-state index is 11.5. The fourth-order valence-electron chi connectivity index (χ4n) is 2.38. The van der Waals surface area contributed by atoms with E-state index < -0.39 is 0 Å². The van der Waals surface area contributed by atoms with Crippen molar-refractivity contribution < 1.29 is 14.3 Å². The summed E-state index contributed by atoms with van der Waals surface area (Å²) in [6.45, 7) is 5.22. The lowest BCUT2D eigenvalue weighted by Gasteiger charge is -2.36. The Morgan fingerprint density at radius 3 is 3.18 bits per heavy atom. The number of hydrogen-bond acceptors (Lipinski definition) is 5. The summed E-state index contributed by atoms with van der Waals surface area (Å²) >= 11 is 1.72. The van der Waals surface area contributed by atoms with Crippen molar-refractivity contribution in [2.24, 2.45) is 0 Å². The molecular weight excluding hydrogens is 238 g/mol. The molecular formula is C12H19NO3S. The SMILES string of the molecule is CCOC(=O)/C=C1\S[C@]2(C)CCCO[C@@H]2N1C. The average Bonchev–Trinajstić information content (AvgIpc) is 2.51. The largest absolute Gasteiger partial charge is 0.463 e. The van der Waals surface area contributed by atoms with E-state index in [0.717, 1.165) is 24.5 Å². The van der Waals surface area contributed by atoms with Crippen molar-refractivity contribution in [2.75, 3.05) is 20.3 Å². The van der Waals surface area contributed by atoms with Crippen molar-refractivity contribution in [3.05, 3.63) is 11.1 Å². The Balaban J connectivity index is 2.14. The van der Waals surface area contributed by atoms with E-state index in [1.54, 1.807) is 17.8 Å². The van der Waals surface area contributed by atoms with Crippen LogP contribution in [0.4, 0.5) is 0 Å². The molecule has 0 aliphatic carbocycles. The van der Waals surface area contributed by atoms with Gasteiger partial charge in [0.25, 0.3) is 0 Å². The van der Waals surface area contributed by atoms with Crippen LogP contribution in [0.5, 0.6) is 0 Å². The van der Waals surface area contributed by atoms with Crippen molar-refractivity contribution in [1.82, 2.24) is 4.90 Å². The van der Waals surface area contributed by atoms with E-state index in [2.05, 4.69) is 6.92 Å². The molecule has 0 aromatic rings. The molecule has 2 aliphatic heterocycles. The zero-order valence-corrected chi connectivity index (χ0v) is 11.4. The topological polar surface area (TPSA) is 38.8 Å². The van der Waals surface area contributed by atoms with Crippen LogP contribution in [-0.4, -0.2) is 42.1 Å². The molecule has 2 atom stereocenters. The van der Waals surface area contributed by atoms with Gasteiger partial charge in [-0.25, -0.2) is 4.79 Å². The highest BCUT2D eigenvalue weighted by atomic mass is 32.2. The summed E-state index contributed by atoms with van der Waals surface area (Å²) in [4.78, 5) is 13.5. The number of carbonyl (C=O) groups is 1. The molecule has 0 N–H and O–H groups in total. The minimum atomic E-state index is -0.274. The number of carbonyl (C=O) groups excluding carboxylic acids is 1. The molecule has 17 heavy (non-hydrogen) atoms. The van der Waals surface area contributed by atoms with Crippen LogP contribution in [0.3, 0.4) is 0 Å². The van der Waals surface area contributed by atoms with Gasteiger partial charge < -0.3 is 14.4 Å². The van der Waals surface area contributed by atoms with Gasteiger partial charge in [-0.15, -0.1) is 0 Å². The van der Waals surface area contributed by atoms with E-state index in [9.17, 15) is 4.79 Å². The Bertz CT molecular complexity index is 345. The van der Waals surface area contributed by atoms with Crippen LogP contribution in [0.25, 0.3) is 0 Å². The average molecular weight is 257 g/mol. The number of nitrogens with zero attached hydrogens (tertiary/aromatic N) is 1. The third-order valence-electron chi connectivity index (χ3n) is 3.18. The molecule has 0 saturated carbocycles. The van der Waals surface area contributed by atoms with Crippen molar-refractivity contribution >= 4 is 17.7 Å². The minimum absolute atomic E-state index is 0.0608. The lowest BCUT2D eigenvalue weighted by atomic mass is 10.00. The van der Waals surface area contributed by atoms with Gasteiger partial charge in [0, 0.05) is 13.7 Å². The molecule has 0 bridgehead atoms. The van der Waals surface area contributed by atoms with Crippen molar-refractivity contribution in [2.45, 2.75) is 37.7 Å². The highest BCUT2D eigenvalue weighted by molar-refractivity contribution is 8.04. The summed E-state index contributed by atoms with van der Waals surface area (Å²) in [5.74, 6) is -0.274. The van der Waals surface area contributed by atoms with Crippen molar-refractivity contribution in [3.63, 3.8) is 0 Å². The normalized spacial score (nSPS) is 34.9. The predicted molar refractivity (Wildman–Crippen MR) is 67.4 cm³/mol. The molecule has 96 valence electrons. The molecule has 4 nitrogen and oxygen atoms in total. The van der Waals surface area contributed by atoms with E-state index in [1.165, 1.54) is 0 Å². The molecule has 5 heteroatoms. The zero-order valence-electron chi connectivity index (χ0n) is 10.6. The molecule has 0 radical (unpaired) electrons. The Kier molecular flexibility index (Phi) is 3.68. The number of fused-ring (bicyclic) bond motifs is 1. The Labute approximate surface area is 106 Å². The second kappa shape index (κ2) is 4.90. The molecule has 2 saturated heterocycles. The molecule has 0 unspecified atom stereocenters. The van der Waals surface area contributed by atoms with Crippen LogP contribution in [-0.2, 0) is 14.3 Å². The molecule has 2 aliphatic rings. The monoisotopic (exact) mass is 257 g/mol. The van der Waals surface area contributed by atoms with Crippen LogP contribution < -0.4 is 0 Å². The molecule has 2 heterocycles. The first kappa shape index (κ1) is 12.8. The third kappa shape index (κ3) is 2.45. The molecule has 0 amide bonds. The summed E-state index contributed by atoms with van der Waals surface area (Å²) in [6, 6.07) is 0. The lowest BCUT2D eigenvalue weighted by molar-refractivity contribution is -0.137. The van der Waals surface area contributed by atoms with E-state index in [0.29, 0.717) is 6.61 Å². The van der Waals surface area contributed by atoms with Crippen molar-refractivity contribution in [1.29, 1.82) is 0 Å².